The van der Waals surface area contributed by atoms with Gasteiger partial charge in [0, 0.05) is 11.5 Å². The van der Waals surface area contributed by atoms with E-state index in [-0.39, 0.29) is 5.41 Å². The summed E-state index contributed by atoms with van der Waals surface area (Å²) in [6.45, 7) is 9.10. The molecule has 1 aliphatic rings. The van der Waals surface area contributed by atoms with Crippen molar-refractivity contribution < 1.29 is 4.52 Å². The van der Waals surface area contributed by atoms with E-state index in [1.807, 2.05) is 30.3 Å². The Bertz CT molecular complexity index is 571. The maximum Gasteiger partial charge on any atom is 0.230 e. The topological polar surface area (TPSA) is 38.9 Å². The maximum absolute atomic E-state index is 5.50. The third-order valence-corrected chi connectivity index (χ3v) is 4.37. The molecule has 2 atom stereocenters. The molecule has 1 fully saturated rings. The van der Waals surface area contributed by atoms with Crippen molar-refractivity contribution in [2.24, 2.45) is 17.3 Å². The molecule has 0 saturated heterocycles. The molecule has 0 bridgehead atoms. The molecule has 0 N–H and O–H groups in total. The minimum atomic E-state index is 0.272. The molecule has 1 aromatic carbocycles. The van der Waals surface area contributed by atoms with E-state index >= 15 is 0 Å². The van der Waals surface area contributed by atoms with Gasteiger partial charge in [-0.05, 0) is 17.3 Å². The summed E-state index contributed by atoms with van der Waals surface area (Å²) in [6, 6.07) is 9.98. The highest BCUT2D eigenvalue weighted by molar-refractivity contribution is 5.53. The van der Waals surface area contributed by atoms with Crippen molar-refractivity contribution in [1.29, 1.82) is 0 Å². The van der Waals surface area contributed by atoms with Gasteiger partial charge in [-0.25, -0.2) is 0 Å². The van der Waals surface area contributed by atoms with E-state index in [4.69, 9.17) is 4.52 Å². The van der Waals surface area contributed by atoms with Gasteiger partial charge in [0.05, 0.1) is 0 Å². The van der Waals surface area contributed by atoms with Crippen LogP contribution in [0.15, 0.2) is 34.9 Å². The van der Waals surface area contributed by atoms with E-state index in [2.05, 4.69) is 37.8 Å². The smallest absolute Gasteiger partial charge is 0.230 e. The molecular formula is C16H20N2O. The van der Waals surface area contributed by atoms with Crippen molar-refractivity contribution >= 4 is 0 Å². The molecule has 1 saturated carbocycles. The van der Waals surface area contributed by atoms with Gasteiger partial charge in [0.2, 0.25) is 11.7 Å². The monoisotopic (exact) mass is 256 g/mol. The predicted molar refractivity (Wildman–Crippen MR) is 74.6 cm³/mol. The Morgan fingerprint density at radius 3 is 2.42 bits per heavy atom. The Morgan fingerprint density at radius 1 is 1.16 bits per heavy atom. The van der Waals surface area contributed by atoms with Gasteiger partial charge in [-0.3, -0.25) is 0 Å². The Morgan fingerprint density at radius 2 is 1.84 bits per heavy atom. The summed E-state index contributed by atoms with van der Waals surface area (Å²) in [5.41, 5.74) is 1.28. The number of hydrogen-bond donors (Lipinski definition) is 0. The van der Waals surface area contributed by atoms with Crippen molar-refractivity contribution in [3.8, 4) is 11.4 Å². The Balaban J connectivity index is 1.88. The van der Waals surface area contributed by atoms with Crippen molar-refractivity contribution in [2.45, 2.75) is 33.6 Å². The second kappa shape index (κ2) is 4.19. The standard InChI is InChI=1S/C16H20N2O/c1-10(2)12-13(16(12,3)4)15-17-14(18-19-15)11-8-6-5-7-9-11/h5-10,12-13H,1-4H3. The van der Waals surface area contributed by atoms with Crippen molar-refractivity contribution in [2.75, 3.05) is 0 Å². The molecule has 3 nitrogen and oxygen atoms in total. The zero-order valence-electron chi connectivity index (χ0n) is 11.9. The molecule has 0 radical (unpaired) electrons. The molecule has 1 aromatic heterocycles. The highest BCUT2D eigenvalue weighted by Gasteiger charge is 2.62. The quantitative estimate of drug-likeness (QED) is 0.828. The molecule has 2 aromatic rings. The second-order valence-electron chi connectivity index (χ2n) is 6.39. The molecular weight excluding hydrogens is 236 g/mol. The molecule has 2 unspecified atom stereocenters. The first-order valence-corrected chi connectivity index (χ1v) is 6.91. The van der Waals surface area contributed by atoms with Crippen molar-refractivity contribution in [3.63, 3.8) is 0 Å². The van der Waals surface area contributed by atoms with E-state index in [0.29, 0.717) is 23.6 Å². The summed E-state index contributed by atoms with van der Waals surface area (Å²) in [5.74, 6) is 3.17. The van der Waals surface area contributed by atoms with Crippen LogP contribution in [0.4, 0.5) is 0 Å². The summed E-state index contributed by atoms with van der Waals surface area (Å²) in [6.07, 6.45) is 0. The first-order valence-electron chi connectivity index (χ1n) is 6.91. The van der Waals surface area contributed by atoms with E-state index < -0.39 is 0 Å². The van der Waals surface area contributed by atoms with Crippen LogP contribution in [0, 0.1) is 17.3 Å². The molecule has 0 spiro atoms. The average molecular weight is 256 g/mol. The zero-order chi connectivity index (χ0) is 13.6. The van der Waals surface area contributed by atoms with Crippen LogP contribution < -0.4 is 0 Å². The summed E-state index contributed by atoms with van der Waals surface area (Å²) in [5, 5.41) is 4.12. The first kappa shape index (κ1) is 12.4. The fraction of sp³-hybridized carbons (Fsp3) is 0.500. The average Bonchev–Trinajstić information content (AvgIpc) is 2.76. The molecule has 1 aliphatic carbocycles. The van der Waals surface area contributed by atoms with Crippen LogP contribution in [0.1, 0.15) is 39.5 Å². The molecule has 1 heterocycles. The lowest BCUT2D eigenvalue weighted by atomic mass is 10.0. The molecule has 3 heteroatoms. The lowest BCUT2D eigenvalue weighted by Crippen LogP contribution is -1.96. The molecule has 100 valence electrons. The fourth-order valence-corrected chi connectivity index (χ4v) is 3.46. The van der Waals surface area contributed by atoms with Crippen LogP contribution in [0.5, 0.6) is 0 Å². The van der Waals surface area contributed by atoms with Gasteiger partial charge in [-0.15, -0.1) is 0 Å². The molecule has 19 heavy (non-hydrogen) atoms. The van der Waals surface area contributed by atoms with Gasteiger partial charge in [0.25, 0.3) is 0 Å². The number of rotatable bonds is 3. The zero-order valence-corrected chi connectivity index (χ0v) is 11.9. The van der Waals surface area contributed by atoms with Gasteiger partial charge < -0.3 is 4.52 Å². The predicted octanol–water partition coefficient (Wildman–Crippen LogP) is 4.13. The highest BCUT2D eigenvalue weighted by Crippen LogP contribution is 2.66. The SMILES string of the molecule is CC(C)C1C(c2nc(-c3ccccc3)no2)C1(C)C. The van der Waals surface area contributed by atoms with Crippen LogP contribution in [-0.2, 0) is 0 Å². The lowest BCUT2D eigenvalue weighted by molar-refractivity contribution is 0.366. The Labute approximate surface area is 114 Å². The Kier molecular flexibility index (Phi) is 2.73. The summed E-state index contributed by atoms with van der Waals surface area (Å²) in [4.78, 5) is 4.59. The lowest BCUT2D eigenvalue weighted by Gasteiger charge is -2.04. The van der Waals surface area contributed by atoms with Crippen molar-refractivity contribution in [1.82, 2.24) is 10.1 Å². The second-order valence-corrected chi connectivity index (χ2v) is 6.39. The first-order chi connectivity index (χ1) is 9.01. The van der Waals surface area contributed by atoms with E-state index in [9.17, 15) is 0 Å². The number of hydrogen-bond acceptors (Lipinski definition) is 3. The Hall–Kier alpha value is -1.64. The normalized spacial score (nSPS) is 24.7. The van der Waals surface area contributed by atoms with Gasteiger partial charge in [0.15, 0.2) is 0 Å². The largest absolute Gasteiger partial charge is 0.339 e. The van der Waals surface area contributed by atoms with Crippen LogP contribution in [0.3, 0.4) is 0 Å². The third kappa shape index (κ3) is 1.97. The van der Waals surface area contributed by atoms with Gasteiger partial charge in [0.1, 0.15) is 0 Å². The van der Waals surface area contributed by atoms with Crippen LogP contribution in [0.25, 0.3) is 11.4 Å². The number of nitrogens with zero attached hydrogens (tertiary/aromatic N) is 2. The van der Waals surface area contributed by atoms with E-state index in [1.165, 1.54) is 0 Å². The highest BCUT2D eigenvalue weighted by atomic mass is 16.5. The van der Waals surface area contributed by atoms with E-state index in [0.717, 1.165) is 11.5 Å². The number of aromatic nitrogens is 2. The minimum absolute atomic E-state index is 0.272. The molecule has 0 aliphatic heterocycles. The van der Waals surface area contributed by atoms with Gasteiger partial charge >= 0.3 is 0 Å². The summed E-state index contributed by atoms with van der Waals surface area (Å²) in [7, 11) is 0. The van der Waals surface area contributed by atoms with E-state index in [1.54, 1.807) is 0 Å². The van der Waals surface area contributed by atoms with Crippen LogP contribution >= 0.6 is 0 Å². The fourth-order valence-electron chi connectivity index (χ4n) is 3.46. The summed E-state index contributed by atoms with van der Waals surface area (Å²) >= 11 is 0. The van der Waals surface area contributed by atoms with Crippen molar-refractivity contribution in [3.05, 3.63) is 36.2 Å². The summed E-state index contributed by atoms with van der Waals surface area (Å²) < 4.78 is 5.50. The maximum atomic E-state index is 5.50. The minimum Gasteiger partial charge on any atom is -0.339 e. The molecule has 0 amide bonds. The third-order valence-electron chi connectivity index (χ3n) is 4.37. The van der Waals surface area contributed by atoms with Crippen LogP contribution in [0.2, 0.25) is 0 Å². The number of benzene rings is 1. The van der Waals surface area contributed by atoms with Gasteiger partial charge in [-0.1, -0.05) is 63.2 Å². The molecule has 3 rings (SSSR count). The van der Waals surface area contributed by atoms with Crippen LogP contribution in [-0.4, -0.2) is 10.1 Å². The van der Waals surface area contributed by atoms with Gasteiger partial charge in [-0.2, -0.15) is 4.98 Å².